The van der Waals surface area contributed by atoms with Crippen molar-refractivity contribution in [3.63, 3.8) is 0 Å². The Hall–Kier alpha value is -2.36. The smallest absolute Gasteiger partial charge is 0.313 e. The summed E-state index contributed by atoms with van der Waals surface area (Å²) in [4.78, 5) is 25.5. The van der Waals surface area contributed by atoms with Crippen molar-refractivity contribution in [2.75, 3.05) is 5.32 Å². The van der Waals surface area contributed by atoms with Crippen LogP contribution in [0.1, 0.15) is 33.6 Å². The summed E-state index contributed by atoms with van der Waals surface area (Å²) in [5.74, 6) is -0.481. The number of esters is 1. The van der Waals surface area contributed by atoms with Gasteiger partial charge in [-0.3, -0.25) is 9.59 Å². The zero-order chi connectivity index (χ0) is 17.2. The second-order valence-electron chi connectivity index (χ2n) is 7.65. The summed E-state index contributed by atoms with van der Waals surface area (Å²) in [7, 11) is 0. The molecule has 1 saturated carbocycles. The maximum absolute atomic E-state index is 13.2. The number of fused-ring (bicyclic) bond motifs is 3. The molecule has 124 valence electrons. The van der Waals surface area contributed by atoms with Crippen molar-refractivity contribution in [3.05, 3.63) is 42.5 Å². The first-order valence-corrected chi connectivity index (χ1v) is 8.34. The van der Waals surface area contributed by atoms with Crippen molar-refractivity contribution < 1.29 is 14.3 Å². The summed E-state index contributed by atoms with van der Waals surface area (Å²) >= 11 is 0. The van der Waals surface area contributed by atoms with Crippen LogP contribution in [0.4, 0.5) is 5.69 Å². The molecule has 2 atom stereocenters. The van der Waals surface area contributed by atoms with Crippen LogP contribution in [-0.2, 0) is 14.3 Å². The topological polar surface area (TPSA) is 55.4 Å². The van der Waals surface area contributed by atoms with E-state index in [1.54, 1.807) is 0 Å². The highest BCUT2D eigenvalue weighted by Crippen LogP contribution is 2.65. The third-order valence-electron chi connectivity index (χ3n) is 6.49. The summed E-state index contributed by atoms with van der Waals surface area (Å²) in [5, 5.41) is 5.06. The Morgan fingerprint density at radius 2 is 1.75 bits per heavy atom. The van der Waals surface area contributed by atoms with E-state index in [0.29, 0.717) is 12.8 Å². The fraction of sp³-hybridized carbons (Fsp3) is 0.400. The minimum absolute atomic E-state index is 0.224. The van der Waals surface area contributed by atoms with Crippen LogP contribution < -0.4 is 5.32 Å². The van der Waals surface area contributed by atoms with Gasteiger partial charge in [0, 0.05) is 16.5 Å². The number of hydrogen-bond acceptors (Lipinski definition) is 3. The van der Waals surface area contributed by atoms with E-state index in [9.17, 15) is 9.59 Å². The highest BCUT2D eigenvalue weighted by Gasteiger charge is 2.75. The maximum atomic E-state index is 13.2. The molecule has 1 aliphatic carbocycles. The van der Waals surface area contributed by atoms with Crippen molar-refractivity contribution in [2.45, 2.75) is 39.2 Å². The van der Waals surface area contributed by atoms with E-state index in [2.05, 4.69) is 5.32 Å². The number of rotatable bonds is 2. The summed E-state index contributed by atoms with van der Waals surface area (Å²) < 4.78 is 5.66. The van der Waals surface area contributed by atoms with Gasteiger partial charge in [0.1, 0.15) is 0 Å². The maximum Gasteiger partial charge on any atom is 0.313 e. The lowest BCUT2D eigenvalue weighted by molar-refractivity contribution is -0.165. The molecule has 0 radical (unpaired) electrons. The number of amides is 1. The van der Waals surface area contributed by atoms with E-state index in [4.69, 9.17) is 4.74 Å². The number of carbonyl (C=O) groups is 2. The van der Waals surface area contributed by atoms with Gasteiger partial charge in [0.25, 0.3) is 5.91 Å². The minimum atomic E-state index is -1.09. The molecule has 1 heterocycles. The standard InChI is InChI=1S/C20H21NO3/c1-18(2)19(3)11-12-20(18,24-17(19)23)16(22)21-15-10-6-8-13-7-4-5-9-14(13)15/h4-10H,11-12H2,1-3H3,(H,21,22)/t19-,20-/m0/s1. The molecule has 2 aromatic rings. The van der Waals surface area contributed by atoms with Gasteiger partial charge in [-0.1, -0.05) is 50.2 Å². The summed E-state index contributed by atoms with van der Waals surface area (Å²) in [6.07, 6.45) is 1.25. The van der Waals surface area contributed by atoms with E-state index in [1.165, 1.54) is 0 Å². The fourth-order valence-corrected chi connectivity index (χ4v) is 4.30. The molecule has 1 aliphatic heterocycles. The third kappa shape index (κ3) is 1.63. The first kappa shape index (κ1) is 15.2. The summed E-state index contributed by atoms with van der Waals surface area (Å²) in [6.45, 7) is 5.84. The van der Waals surface area contributed by atoms with Crippen molar-refractivity contribution in [1.82, 2.24) is 0 Å². The molecule has 4 heteroatoms. The predicted molar refractivity (Wildman–Crippen MR) is 92.5 cm³/mol. The molecule has 0 spiro atoms. The number of carbonyl (C=O) groups excluding carboxylic acids is 2. The molecule has 0 aromatic heterocycles. The van der Waals surface area contributed by atoms with Gasteiger partial charge in [-0.05, 0) is 31.2 Å². The zero-order valence-corrected chi connectivity index (χ0v) is 14.2. The van der Waals surface area contributed by atoms with E-state index in [1.807, 2.05) is 63.2 Å². The molecular formula is C20H21NO3. The Labute approximate surface area is 141 Å². The molecular weight excluding hydrogens is 302 g/mol. The first-order chi connectivity index (χ1) is 11.3. The zero-order valence-electron chi connectivity index (χ0n) is 14.2. The molecule has 2 aromatic carbocycles. The van der Waals surface area contributed by atoms with Crippen LogP contribution >= 0.6 is 0 Å². The quantitative estimate of drug-likeness (QED) is 0.853. The molecule has 2 aliphatic rings. The van der Waals surface area contributed by atoms with Crippen LogP contribution in [0.3, 0.4) is 0 Å². The Kier molecular flexibility index (Phi) is 2.91. The van der Waals surface area contributed by atoms with E-state index in [0.717, 1.165) is 16.5 Å². The number of benzene rings is 2. The van der Waals surface area contributed by atoms with Gasteiger partial charge in [0.2, 0.25) is 0 Å². The van der Waals surface area contributed by atoms with Crippen molar-refractivity contribution >= 4 is 28.3 Å². The van der Waals surface area contributed by atoms with Crippen molar-refractivity contribution in [1.29, 1.82) is 0 Å². The van der Waals surface area contributed by atoms with Crippen molar-refractivity contribution in [2.24, 2.45) is 10.8 Å². The van der Waals surface area contributed by atoms with Crippen LogP contribution in [-0.4, -0.2) is 17.5 Å². The highest BCUT2D eigenvalue weighted by atomic mass is 16.6. The van der Waals surface area contributed by atoms with Crippen molar-refractivity contribution in [3.8, 4) is 0 Å². The number of anilines is 1. The highest BCUT2D eigenvalue weighted by molar-refractivity contribution is 6.07. The average molecular weight is 323 g/mol. The molecule has 2 fully saturated rings. The Morgan fingerprint density at radius 1 is 1.04 bits per heavy atom. The van der Waals surface area contributed by atoms with Gasteiger partial charge in [0.05, 0.1) is 5.41 Å². The lowest BCUT2D eigenvalue weighted by atomic mass is 9.66. The molecule has 4 nitrogen and oxygen atoms in total. The SMILES string of the molecule is CC1(C)[C@@]2(C)CC[C@@]1(C(=O)Nc1cccc3ccccc13)OC2=O. The number of ether oxygens (including phenoxy) is 1. The summed E-state index contributed by atoms with van der Waals surface area (Å²) in [5.41, 5.74) is -1.47. The Balaban J connectivity index is 1.74. The number of nitrogens with one attached hydrogen (secondary N) is 1. The summed E-state index contributed by atoms with van der Waals surface area (Å²) in [6, 6.07) is 13.7. The monoisotopic (exact) mass is 323 g/mol. The Morgan fingerprint density at radius 3 is 2.42 bits per heavy atom. The fourth-order valence-electron chi connectivity index (χ4n) is 4.30. The van der Waals surface area contributed by atoms with Gasteiger partial charge < -0.3 is 10.1 Å². The van der Waals surface area contributed by atoms with Crippen LogP contribution in [0.25, 0.3) is 10.8 Å². The number of hydrogen-bond donors (Lipinski definition) is 1. The van der Waals surface area contributed by atoms with Gasteiger partial charge in [0.15, 0.2) is 5.60 Å². The lowest BCUT2D eigenvalue weighted by Crippen LogP contribution is -2.50. The third-order valence-corrected chi connectivity index (χ3v) is 6.49. The average Bonchev–Trinajstić information content (AvgIpc) is 2.85. The van der Waals surface area contributed by atoms with Gasteiger partial charge >= 0.3 is 5.97 Å². The van der Waals surface area contributed by atoms with Crippen LogP contribution in [0.2, 0.25) is 0 Å². The van der Waals surface area contributed by atoms with E-state index < -0.39 is 16.4 Å². The first-order valence-electron chi connectivity index (χ1n) is 8.34. The van der Waals surface area contributed by atoms with Crippen LogP contribution in [0.5, 0.6) is 0 Å². The van der Waals surface area contributed by atoms with E-state index in [-0.39, 0.29) is 11.9 Å². The molecule has 4 rings (SSSR count). The van der Waals surface area contributed by atoms with Crippen LogP contribution in [0, 0.1) is 10.8 Å². The predicted octanol–water partition coefficient (Wildman–Crippen LogP) is 3.90. The largest absolute Gasteiger partial charge is 0.448 e. The van der Waals surface area contributed by atoms with Crippen LogP contribution in [0.15, 0.2) is 42.5 Å². The molecule has 1 amide bonds. The van der Waals surface area contributed by atoms with Gasteiger partial charge in [-0.25, -0.2) is 0 Å². The second kappa shape index (κ2) is 4.59. The van der Waals surface area contributed by atoms with E-state index >= 15 is 0 Å². The molecule has 24 heavy (non-hydrogen) atoms. The molecule has 0 unspecified atom stereocenters. The van der Waals surface area contributed by atoms with Gasteiger partial charge in [-0.15, -0.1) is 0 Å². The molecule has 1 saturated heterocycles. The second-order valence-corrected chi connectivity index (χ2v) is 7.65. The normalized spacial score (nSPS) is 30.4. The Bertz CT molecular complexity index is 867. The lowest BCUT2D eigenvalue weighted by Gasteiger charge is -2.35. The molecule has 2 bridgehead atoms. The van der Waals surface area contributed by atoms with Gasteiger partial charge in [-0.2, -0.15) is 0 Å². The molecule has 1 N–H and O–H groups in total. The minimum Gasteiger partial charge on any atom is -0.448 e.